The number of nitrogens with one attached hydrogen (secondary N) is 1. The number of hydrogen-bond acceptors (Lipinski definition) is 10. The molecule has 2 aliphatic heterocycles. The van der Waals surface area contributed by atoms with E-state index in [1.165, 1.54) is 0 Å². The molecule has 16 heteroatoms. The lowest BCUT2D eigenvalue weighted by molar-refractivity contribution is -0.136. The van der Waals surface area contributed by atoms with Crippen LogP contribution in [-0.2, 0) is 37.1 Å². The van der Waals surface area contributed by atoms with Crippen molar-refractivity contribution in [2.24, 2.45) is 5.92 Å². The highest BCUT2D eigenvalue weighted by Crippen LogP contribution is 2.59. The maximum atomic E-state index is 12.4. The fourth-order valence-corrected chi connectivity index (χ4v) is 5.75. The second kappa shape index (κ2) is 11.1. The van der Waals surface area contributed by atoms with Crippen molar-refractivity contribution in [3.05, 3.63) is 47.5 Å². The largest absolute Gasteiger partial charge is 0.481 e. The average molecular weight is 545 g/mol. The molecule has 0 aromatic heterocycles. The molecule has 194 valence electrons. The highest BCUT2D eigenvalue weighted by atomic mass is 31.3. The molecule has 1 aromatic carbocycles. The number of ether oxygens (including phenoxy) is 1. The molecular formula is C20H21NO13P2. The molecule has 0 radical (unpaired) electrons. The number of rotatable bonds is 8. The predicted molar refractivity (Wildman–Crippen MR) is 118 cm³/mol. The van der Waals surface area contributed by atoms with Crippen molar-refractivity contribution in [2.45, 2.75) is 24.4 Å². The van der Waals surface area contributed by atoms with E-state index in [2.05, 4.69) is 26.0 Å². The molecule has 3 rings (SSSR count). The van der Waals surface area contributed by atoms with Crippen LogP contribution in [0, 0.1) is 17.8 Å². The Morgan fingerprint density at radius 1 is 1.08 bits per heavy atom. The first-order valence-corrected chi connectivity index (χ1v) is 13.4. The Morgan fingerprint density at radius 3 is 2.39 bits per heavy atom. The molecular weight excluding hydrogens is 524 g/mol. The highest BCUT2D eigenvalue weighted by molar-refractivity contribution is 7.64. The van der Waals surface area contributed by atoms with Crippen LogP contribution in [0.15, 0.2) is 42.0 Å². The van der Waals surface area contributed by atoms with Crippen LogP contribution in [0.2, 0.25) is 0 Å². The zero-order valence-corrected chi connectivity index (χ0v) is 20.0. The van der Waals surface area contributed by atoms with Crippen molar-refractivity contribution in [1.82, 2.24) is 5.32 Å². The highest BCUT2D eigenvalue weighted by Gasteiger charge is 2.50. The van der Waals surface area contributed by atoms with Crippen LogP contribution < -0.4 is 5.32 Å². The van der Waals surface area contributed by atoms with Crippen LogP contribution >= 0.6 is 15.4 Å². The van der Waals surface area contributed by atoms with Gasteiger partial charge in [-0.2, -0.15) is 0 Å². The molecule has 2 aliphatic rings. The van der Waals surface area contributed by atoms with Gasteiger partial charge < -0.3 is 29.8 Å². The van der Waals surface area contributed by atoms with Crippen molar-refractivity contribution in [2.75, 3.05) is 12.8 Å². The van der Waals surface area contributed by atoms with Crippen LogP contribution in [0.1, 0.15) is 5.56 Å². The van der Waals surface area contributed by atoms with Crippen molar-refractivity contribution in [3.63, 3.8) is 0 Å². The normalized spacial score (nSPS) is 29.2. The molecule has 2 heterocycles. The minimum atomic E-state index is -5.29. The smallest absolute Gasteiger partial charge is 0.479 e. The van der Waals surface area contributed by atoms with Gasteiger partial charge in [0.05, 0.1) is 18.1 Å². The Bertz CT molecular complexity index is 1220. The number of carboxylic acid groups (broad SMARTS) is 1. The maximum absolute atomic E-state index is 12.4. The number of phosphoric acid groups is 1. The van der Waals surface area contributed by atoms with Gasteiger partial charge in [0.15, 0.2) is 0 Å². The third-order valence-electron chi connectivity index (χ3n) is 4.97. The first kappa shape index (κ1) is 27.9. The van der Waals surface area contributed by atoms with E-state index in [9.17, 15) is 43.5 Å². The van der Waals surface area contributed by atoms with Gasteiger partial charge in [-0.25, -0.2) is 8.88 Å². The fraction of sp³-hybridized carbons (Fsp3) is 0.350. The van der Waals surface area contributed by atoms with E-state index < -0.39 is 76.3 Å². The van der Waals surface area contributed by atoms with Gasteiger partial charge in [-0.05, 0) is 18.2 Å². The van der Waals surface area contributed by atoms with Gasteiger partial charge in [0.1, 0.15) is 30.6 Å². The summed E-state index contributed by atoms with van der Waals surface area (Å²) in [5, 5.41) is 31.3. The van der Waals surface area contributed by atoms with Crippen molar-refractivity contribution in [3.8, 4) is 11.8 Å². The lowest BCUT2D eigenvalue weighted by atomic mass is 9.90. The molecule has 4 unspecified atom stereocenters. The number of hydrogen-bond donors (Lipinski definition) is 6. The number of benzene rings is 1. The summed E-state index contributed by atoms with van der Waals surface area (Å²) in [5.41, 5.74) is 0.495. The summed E-state index contributed by atoms with van der Waals surface area (Å²) >= 11 is 0. The molecule has 0 aliphatic carbocycles. The van der Waals surface area contributed by atoms with Gasteiger partial charge in [-0.1, -0.05) is 30.0 Å². The van der Waals surface area contributed by atoms with E-state index in [4.69, 9.17) is 9.84 Å². The fourth-order valence-electron chi connectivity index (χ4n) is 3.36. The van der Waals surface area contributed by atoms with Crippen molar-refractivity contribution >= 4 is 33.2 Å². The second-order valence-electron chi connectivity index (χ2n) is 7.70. The van der Waals surface area contributed by atoms with Gasteiger partial charge >= 0.3 is 21.4 Å². The summed E-state index contributed by atoms with van der Waals surface area (Å²) in [6, 6.07) is 8.64. The zero-order chi connectivity index (χ0) is 26.7. The number of phosphoric ester groups is 1. The minimum Gasteiger partial charge on any atom is -0.481 e. The summed E-state index contributed by atoms with van der Waals surface area (Å²) < 4.78 is 37.4. The van der Waals surface area contributed by atoms with Gasteiger partial charge in [0.2, 0.25) is 5.91 Å². The Hall–Kier alpha value is -2.69. The average Bonchev–Trinajstić information content (AvgIpc) is 3.05. The number of carbonyl (C=O) groups excluding carboxylic acids is 2. The van der Waals surface area contributed by atoms with Crippen molar-refractivity contribution < 1.29 is 62.2 Å². The summed E-state index contributed by atoms with van der Waals surface area (Å²) in [7, 11) is -10.3. The number of aliphatic hydroxyl groups excluding tert-OH is 2. The maximum Gasteiger partial charge on any atom is 0.479 e. The Labute approximate surface area is 203 Å². The zero-order valence-electron chi connectivity index (χ0n) is 18.2. The first-order chi connectivity index (χ1) is 16.8. The second-order valence-corrected chi connectivity index (χ2v) is 11.1. The van der Waals surface area contributed by atoms with Gasteiger partial charge in [-0.3, -0.25) is 28.8 Å². The number of amides is 2. The standard InChI is InChI=1S/C20H21NO13P2/c22-15(23)10-35(28,29)34-36(30,31)32-9-14-16(24)17(25)18(33-14)13-8-12(19(26)21-20(13)27)7-6-11-4-2-1-3-5-11/h1-5,8,13-14,16-18,24-25H,9-10H2,(H,22,23)(H,28,29)(H,30,31)(H,21,26,27)/t13?,14-,16?,17+,18-/m1/s1. The molecule has 1 fully saturated rings. The van der Waals surface area contributed by atoms with E-state index in [1.54, 1.807) is 30.3 Å². The van der Waals surface area contributed by atoms with E-state index in [0.717, 1.165) is 6.08 Å². The van der Waals surface area contributed by atoms with Crippen LogP contribution in [-0.4, -0.2) is 80.1 Å². The number of carbonyl (C=O) groups is 3. The third-order valence-corrected chi connectivity index (χ3v) is 7.96. The Kier molecular flexibility index (Phi) is 8.63. The van der Waals surface area contributed by atoms with Crippen molar-refractivity contribution in [1.29, 1.82) is 0 Å². The van der Waals surface area contributed by atoms with E-state index in [0.29, 0.717) is 5.56 Å². The molecule has 0 saturated carbocycles. The molecule has 1 aromatic rings. The monoisotopic (exact) mass is 545 g/mol. The lowest BCUT2D eigenvalue weighted by Crippen LogP contribution is -2.47. The third kappa shape index (κ3) is 7.18. The van der Waals surface area contributed by atoms with Crippen LogP contribution in [0.4, 0.5) is 0 Å². The lowest BCUT2D eigenvalue weighted by Gasteiger charge is -2.25. The topological polar surface area (TPSA) is 226 Å². The Morgan fingerprint density at radius 2 is 1.75 bits per heavy atom. The summed E-state index contributed by atoms with van der Waals surface area (Å²) in [6.45, 7) is -0.951. The van der Waals surface area contributed by atoms with E-state index >= 15 is 0 Å². The molecule has 14 nitrogen and oxygen atoms in total. The van der Waals surface area contributed by atoms with Crippen LogP contribution in [0.25, 0.3) is 0 Å². The summed E-state index contributed by atoms with van der Waals surface area (Å²) in [6.07, 6.45) is -6.70. The predicted octanol–water partition coefficient (Wildman–Crippen LogP) is -0.870. The molecule has 2 amide bonds. The molecule has 7 atom stereocenters. The molecule has 0 spiro atoms. The van der Waals surface area contributed by atoms with Crippen LogP contribution in [0.5, 0.6) is 0 Å². The van der Waals surface area contributed by atoms with E-state index in [-0.39, 0.29) is 5.57 Å². The summed E-state index contributed by atoms with van der Waals surface area (Å²) in [4.78, 5) is 54.0. The molecule has 0 bridgehead atoms. The van der Waals surface area contributed by atoms with E-state index in [1.807, 2.05) is 0 Å². The number of aliphatic carboxylic acids is 1. The molecule has 1 saturated heterocycles. The van der Waals surface area contributed by atoms with Gasteiger partial charge in [-0.15, -0.1) is 0 Å². The summed E-state index contributed by atoms with van der Waals surface area (Å²) in [5.74, 6) is 0.683. The SMILES string of the molecule is O=C(O)CP(=O)(O)OP(=O)(O)OC[C@H]1O[C@H](C2C=C(C#Cc3ccccc3)C(=O)NC2=O)[C@@H](O)C1O. The molecule has 36 heavy (non-hydrogen) atoms. The number of imide groups is 1. The Balaban J connectivity index is 1.71. The number of carboxylic acids is 1. The van der Waals surface area contributed by atoms with Gasteiger partial charge in [0, 0.05) is 5.56 Å². The van der Waals surface area contributed by atoms with Crippen LogP contribution in [0.3, 0.4) is 0 Å². The number of aliphatic hydroxyl groups is 2. The van der Waals surface area contributed by atoms with Gasteiger partial charge in [0.25, 0.3) is 5.91 Å². The first-order valence-electron chi connectivity index (χ1n) is 10.2. The molecule has 6 N–H and O–H groups in total. The minimum absolute atomic E-state index is 0.0983. The quantitative estimate of drug-likeness (QED) is 0.133.